The zero-order chi connectivity index (χ0) is 20.5. The summed E-state index contributed by atoms with van der Waals surface area (Å²) >= 11 is 7.23. The summed E-state index contributed by atoms with van der Waals surface area (Å²) in [6.07, 6.45) is 0. The van der Waals surface area contributed by atoms with Crippen molar-refractivity contribution < 1.29 is 18.4 Å². The van der Waals surface area contributed by atoms with Crippen molar-refractivity contribution in [1.82, 2.24) is 5.06 Å². The number of primary amides is 1. The lowest BCUT2D eigenvalue weighted by molar-refractivity contribution is -0.0461. The molecule has 0 aliphatic rings. The highest BCUT2D eigenvalue weighted by atomic mass is 35.5. The van der Waals surface area contributed by atoms with Crippen LogP contribution in [-0.2, 0) is 16.6 Å². The fraction of sp³-hybridized carbons (Fsp3) is 0.0556. The number of sulfonamides is 1. The Hall–Kier alpha value is -2.43. The molecule has 0 atom stereocenters. The molecule has 10 heteroatoms. The Kier molecular flexibility index (Phi) is 5.73. The lowest BCUT2D eigenvalue weighted by Crippen LogP contribution is -2.31. The number of hydrogen-bond donors (Lipinski definition) is 3. The number of urea groups is 1. The van der Waals surface area contributed by atoms with Gasteiger partial charge in [-0.15, -0.1) is 11.3 Å². The van der Waals surface area contributed by atoms with Crippen molar-refractivity contribution in [2.24, 2.45) is 10.9 Å². The van der Waals surface area contributed by atoms with Crippen LogP contribution in [0.1, 0.15) is 4.88 Å². The number of thiophene rings is 1. The SMILES string of the molecule is NC(=O)N(O)Cc1scc(-c2ccccc2S(N)(=O)=O)c1-c1ccc(Cl)cc1. The molecule has 0 bridgehead atoms. The predicted octanol–water partition coefficient (Wildman–Crippen LogP) is 3.65. The summed E-state index contributed by atoms with van der Waals surface area (Å²) in [5.74, 6) is 0. The van der Waals surface area contributed by atoms with E-state index < -0.39 is 16.1 Å². The van der Waals surface area contributed by atoms with Crippen molar-refractivity contribution in [2.45, 2.75) is 11.4 Å². The second-order valence-corrected chi connectivity index (χ2v) is 8.82. The van der Waals surface area contributed by atoms with Crippen LogP contribution in [0.25, 0.3) is 22.3 Å². The van der Waals surface area contributed by atoms with Gasteiger partial charge in [0.05, 0.1) is 11.4 Å². The van der Waals surface area contributed by atoms with E-state index in [4.69, 9.17) is 22.5 Å². The van der Waals surface area contributed by atoms with Gasteiger partial charge in [0.25, 0.3) is 0 Å². The third-order valence-corrected chi connectivity index (χ3v) is 6.22. The zero-order valence-corrected chi connectivity index (χ0v) is 16.8. The normalized spacial score (nSPS) is 11.4. The number of hydroxylamine groups is 2. The van der Waals surface area contributed by atoms with Crippen LogP contribution in [0.5, 0.6) is 0 Å². The molecular formula is C18H16ClN3O4S2. The number of benzene rings is 2. The smallest absolute Gasteiger partial charge is 0.338 e. The number of nitrogens with zero attached hydrogens (tertiary/aromatic N) is 1. The number of amides is 2. The zero-order valence-electron chi connectivity index (χ0n) is 14.4. The molecule has 28 heavy (non-hydrogen) atoms. The summed E-state index contributed by atoms with van der Waals surface area (Å²) in [6.45, 7) is -0.157. The first-order valence-corrected chi connectivity index (χ1v) is 10.7. The lowest BCUT2D eigenvalue weighted by Gasteiger charge is -2.14. The highest BCUT2D eigenvalue weighted by Crippen LogP contribution is 2.42. The first-order chi connectivity index (χ1) is 13.2. The van der Waals surface area contributed by atoms with Crippen LogP contribution < -0.4 is 10.9 Å². The molecule has 146 valence electrons. The number of rotatable bonds is 5. The van der Waals surface area contributed by atoms with Gasteiger partial charge in [-0.3, -0.25) is 5.21 Å². The number of carbonyl (C=O) groups is 1. The number of primary sulfonamides is 1. The Labute approximate surface area is 170 Å². The van der Waals surface area contributed by atoms with Crippen LogP contribution in [0.2, 0.25) is 5.02 Å². The largest absolute Gasteiger partial charge is 0.350 e. The van der Waals surface area contributed by atoms with Gasteiger partial charge in [-0.2, -0.15) is 0 Å². The van der Waals surface area contributed by atoms with Gasteiger partial charge in [0.1, 0.15) is 0 Å². The number of carbonyl (C=O) groups excluding carboxylic acids is 1. The molecule has 0 saturated carbocycles. The summed E-state index contributed by atoms with van der Waals surface area (Å²) in [5.41, 5.74) is 7.52. The lowest BCUT2D eigenvalue weighted by atomic mass is 9.96. The molecule has 2 amide bonds. The Morgan fingerprint density at radius 2 is 1.75 bits per heavy atom. The summed E-state index contributed by atoms with van der Waals surface area (Å²) in [6, 6.07) is 12.3. The monoisotopic (exact) mass is 437 g/mol. The van der Waals surface area contributed by atoms with Gasteiger partial charge in [-0.25, -0.2) is 23.4 Å². The molecule has 3 rings (SSSR count). The quantitative estimate of drug-likeness (QED) is 0.415. The maximum Gasteiger partial charge on any atom is 0.338 e. The van der Waals surface area contributed by atoms with E-state index in [1.165, 1.54) is 17.4 Å². The van der Waals surface area contributed by atoms with Crippen LogP contribution in [0.15, 0.2) is 58.8 Å². The highest BCUT2D eigenvalue weighted by Gasteiger charge is 2.22. The van der Waals surface area contributed by atoms with Gasteiger partial charge < -0.3 is 5.73 Å². The van der Waals surface area contributed by atoms with E-state index in [1.54, 1.807) is 47.8 Å². The first kappa shape index (κ1) is 20.3. The van der Waals surface area contributed by atoms with Crippen LogP contribution in [0.4, 0.5) is 4.79 Å². The van der Waals surface area contributed by atoms with E-state index in [-0.39, 0.29) is 11.4 Å². The third kappa shape index (κ3) is 4.18. The van der Waals surface area contributed by atoms with Crippen LogP contribution in [0, 0.1) is 0 Å². The van der Waals surface area contributed by atoms with Crippen molar-refractivity contribution in [2.75, 3.05) is 0 Å². The second-order valence-electron chi connectivity index (χ2n) is 5.89. The molecule has 3 aromatic rings. The van der Waals surface area contributed by atoms with Crippen molar-refractivity contribution in [1.29, 1.82) is 0 Å². The third-order valence-electron chi connectivity index (χ3n) is 4.03. The Morgan fingerprint density at radius 1 is 1.11 bits per heavy atom. The van der Waals surface area contributed by atoms with Crippen LogP contribution in [0.3, 0.4) is 0 Å². The minimum Gasteiger partial charge on any atom is -0.350 e. The van der Waals surface area contributed by atoms with Gasteiger partial charge >= 0.3 is 6.03 Å². The summed E-state index contributed by atoms with van der Waals surface area (Å²) in [7, 11) is -3.96. The Bertz CT molecular complexity index is 1130. The molecule has 0 unspecified atom stereocenters. The number of hydrogen-bond acceptors (Lipinski definition) is 5. The number of halogens is 1. The fourth-order valence-electron chi connectivity index (χ4n) is 2.80. The average Bonchev–Trinajstić information content (AvgIpc) is 3.05. The number of nitrogens with two attached hydrogens (primary N) is 2. The molecule has 1 heterocycles. The van der Waals surface area contributed by atoms with Gasteiger partial charge in [-0.05, 0) is 29.1 Å². The van der Waals surface area contributed by atoms with E-state index in [0.29, 0.717) is 31.7 Å². The average molecular weight is 438 g/mol. The van der Waals surface area contributed by atoms with Crippen LogP contribution >= 0.6 is 22.9 Å². The first-order valence-electron chi connectivity index (χ1n) is 7.93. The van der Waals surface area contributed by atoms with Crippen molar-refractivity contribution in [3.63, 3.8) is 0 Å². The molecule has 0 aliphatic heterocycles. The van der Waals surface area contributed by atoms with Gasteiger partial charge in [0.15, 0.2) is 0 Å². The maximum atomic E-state index is 12.0. The molecule has 0 radical (unpaired) electrons. The van der Waals surface area contributed by atoms with E-state index in [1.807, 2.05) is 0 Å². The summed E-state index contributed by atoms with van der Waals surface area (Å²) in [5, 5.41) is 17.8. The molecule has 0 aliphatic carbocycles. The fourth-order valence-corrected chi connectivity index (χ4v) is 4.72. The van der Waals surface area contributed by atoms with Crippen molar-refractivity contribution >= 4 is 39.0 Å². The molecule has 0 fully saturated rings. The standard InChI is InChI=1S/C18H16ClN3O4S2/c19-12-7-5-11(6-8-12)17-14(10-27-15(17)9-22(24)18(20)23)13-3-1-2-4-16(13)28(21,25)26/h1-8,10,24H,9H2,(H2,20,23)(H2,21,25,26). The topological polar surface area (TPSA) is 127 Å². The van der Waals surface area contributed by atoms with E-state index in [2.05, 4.69) is 0 Å². The van der Waals surface area contributed by atoms with Crippen LogP contribution in [-0.4, -0.2) is 24.7 Å². The van der Waals surface area contributed by atoms with Gasteiger partial charge in [-0.1, -0.05) is 41.9 Å². The van der Waals surface area contributed by atoms with Gasteiger partial charge in [0.2, 0.25) is 10.0 Å². The van der Waals surface area contributed by atoms with E-state index >= 15 is 0 Å². The van der Waals surface area contributed by atoms with Gasteiger partial charge in [0, 0.05) is 26.6 Å². The van der Waals surface area contributed by atoms with Crippen molar-refractivity contribution in [3.8, 4) is 22.3 Å². The molecule has 1 aromatic heterocycles. The molecule has 2 aromatic carbocycles. The van der Waals surface area contributed by atoms with Crippen molar-refractivity contribution in [3.05, 3.63) is 63.8 Å². The minimum absolute atomic E-state index is 0.0229. The van der Waals surface area contributed by atoms with E-state index in [9.17, 15) is 18.4 Å². The molecule has 7 nitrogen and oxygen atoms in total. The molecule has 0 saturated heterocycles. The molecule has 5 N–H and O–H groups in total. The Balaban J connectivity index is 2.25. The summed E-state index contributed by atoms with van der Waals surface area (Å²) in [4.78, 5) is 11.8. The maximum absolute atomic E-state index is 12.0. The molecule has 0 spiro atoms. The van der Waals surface area contributed by atoms with E-state index in [0.717, 1.165) is 5.56 Å². The molecular weight excluding hydrogens is 422 g/mol. The Morgan fingerprint density at radius 3 is 2.36 bits per heavy atom. The minimum atomic E-state index is -3.96. The second kappa shape index (κ2) is 7.90. The summed E-state index contributed by atoms with van der Waals surface area (Å²) < 4.78 is 24.1. The highest BCUT2D eigenvalue weighted by molar-refractivity contribution is 7.89. The predicted molar refractivity (Wildman–Crippen MR) is 108 cm³/mol.